The Morgan fingerprint density at radius 2 is 2.00 bits per heavy atom. The van der Waals surface area contributed by atoms with Crippen molar-refractivity contribution >= 4 is 23.2 Å². The number of nitrogens with one attached hydrogen (secondary N) is 2. The van der Waals surface area contributed by atoms with Crippen molar-refractivity contribution in [1.29, 1.82) is 0 Å². The first-order valence-corrected chi connectivity index (χ1v) is 10.2. The molecule has 0 saturated carbocycles. The van der Waals surface area contributed by atoms with Gasteiger partial charge in [0.15, 0.2) is 5.82 Å². The average Bonchev–Trinajstić information content (AvgIpc) is 3.42. The van der Waals surface area contributed by atoms with Crippen molar-refractivity contribution in [2.24, 2.45) is 0 Å². The Bertz CT molecular complexity index is 868. The summed E-state index contributed by atoms with van der Waals surface area (Å²) in [5.41, 5.74) is 2.88. The number of amides is 2. The van der Waals surface area contributed by atoms with Crippen LogP contribution in [0.3, 0.4) is 0 Å². The number of carbonyl (C=O) groups excluding carboxylic acids is 1. The number of methoxy groups -OCH3 is 1. The molecule has 2 aliphatic rings. The molecule has 2 amide bonds. The van der Waals surface area contributed by atoms with Gasteiger partial charge in [0.05, 0.1) is 19.0 Å². The van der Waals surface area contributed by atoms with E-state index in [4.69, 9.17) is 4.74 Å². The molecule has 154 valence electrons. The van der Waals surface area contributed by atoms with E-state index in [2.05, 4.69) is 36.7 Å². The maximum atomic E-state index is 12.4. The van der Waals surface area contributed by atoms with Crippen LogP contribution in [0.15, 0.2) is 30.5 Å². The molecule has 0 bridgehead atoms. The Labute approximate surface area is 171 Å². The summed E-state index contributed by atoms with van der Waals surface area (Å²) in [7, 11) is 1.63. The van der Waals surface area contributed by atoms with Crippen LogP contribution in [-0.4, -0.2) is 55.6 Å². The van der Waals surface area contributed by atoms with Crippen LogP contribution in [0.2, 0.25) is 0 Å². The fourth-order valence-corrected chi connectivity index (χ4v) is 3.98. The Morgan fingerprint density at radius 1 is 1.17 bits per heavy atom. The fraction of sp³-hybridized carbons (Fsp3) is 0.476. The highest BCUT2D eigenvalue weighted by Crippen LogP contribution is 2.25. The third kappa shape index (κ3) is 4.52. The van der Waals surface area contributed by atoms with Gasteiger partial charge < -0.3 is 25.2 Å². The second-order valence-electron chi connectivity index (χ2n) is 7.68. The van der Waals surface area contributed by atoms with Gasteiger partial charge in [-0.05, 0) is 49.9 Å². The molecule has 0 radical (unpaired) electrons. The molecule has 2 aromatic rings. The van der Waals surface area contributed by atoms with Crippen LogP contribution < -0.4 is 25.2 Å². The van der Waals surface area contributed by atoms with Crippen LogP contribution >= 0.6 is 0 Å². The maximum Gasteiger partial charge on any atom is 0.319 e. The molecule has 8 heteroatoms. The SMILES string of the molecule is COc1ccc(NC(=O)N[C@H]2CCN(c3cc(N4CCCC4)cnn3)C2)c(C)c1. The standard InChI is InChI=1S/C21H28N6O2/c1-15-11-18(29-2)5-6-19(15)24-21(28)23-16-7-10-27(14-16)20-12-17(13-22-25-20)26-8-3-4-9-26/h5-6,11-13,16H,3-4,7-10,14H2,1-2H3,(H2,23,24,28)/t16-/m0/s1. The highest BCUT2D eigenvalue weighted by molar-refractivity contribution is 5.90. The van der Waals surface area contributed by atoms with E-state index >= 15 is 0 Å². The first kappa shape index (κ1) is 19.3. The average molecular weight is 396 g/mol. The Hall–Kier alpha value is -3.03. The molecule has 4 rings (SSSR count). The van der Waals surface area contributed by atoms with Crippen molar-refractivity contribution in [3.63, 3.8) is 0 Å². The van der Waals surface area contributed by atoms with Gasteiger partial charge in [0, 0.05) is 44.0 Å². The number of hydrogen-bond donors (Lipinski definition) is 2. The summed E-state index contributed by atoms with van der Waals surface area (Å²) in [4.78, 5) is 17.0. The molecule has 29 heavy (non-hydrogen) atoms. The Balaban J connectivity index is 1.33. The van der Waals surface area contributed by atoms with Crippen molar-refractivity contribution in [3.8, 4) is 5.75 Å². The van der Waals surface area contributed by atoms with Crippen molar-refractivity contribution in [1.82, 2.24) is 15.5 Å². The van der Waals surface area contributed by atoms with E-state index in [9.17, 15) is 4.79 Å². The lowest BCUT2D eigenvalue weighted by atomic mass is 10.2. The van der Waals surface area contributed by atoms with E-state index in [1.165, 1.54) is 12.8 Å². The predicted molar refractivity (Wildman–Crippen MR) is 114 cm³/mol. The second kappa shape index (κ2) is 8.55. The topological polar surface area (TPSA) is 82.6 Å². The van der Waals surface area contributed by atoms with Gasteiger partial charge in [0.25, 0.3) is 0 Å². The molecule has 2 saturated heterocycles. The van der Waals surface area contributed by atoms with Crippen LogP contribution in [0.1, 0.15) is 24.8 Å². The summed E-state index contributed by atoms with van der Waals surface area (Å²) < 4.78 is 5.21. The Morgan fingerprint density at radius 3 is 2.76 bits per heavy atom. The number of aromatic nitrogens is 2. The first-order chi connectivity index (χ1) is 14.1. The van der Waals surface area contributed by atoms with Gasteiger partial charge >= 0.3 is 6.03 Å². The van der Waals surface area contributed by atoms with E-state index in [0.717, 1.165) is 61.1 Å². The number of nitrogens with zero attached hydrogens (tertiary/aromatic N) is 4. The zero-order valence-electron chi connectivity index (χ0n) is 17.0. The molecule has 0 spiro atoms. The fourth-order valence-electron chi connectivity index (χ4n) is 3.98. The van der Waals surface area contributed by atoms with Gasteiger partial charge in [-0.25, -0.2) is 4.79 Å². The molecule has 0 unspecified atom stereocenters. The molecule has 2 aliphatic heterocycles. The van der Waals surface area contributed by atoms with Crippen LogP contribution in [0.25, 0.3) is 0 Å². The van der Waals surface area contributed by atoms with Crippen LogP contribution in [0.4, 0.5) is 22.0 Å². The normalized spacial score (nSPS) is 18.8. The summed E-state index contributed by atoms with van der Waals surface area (Å²) in [6.45, 7) is 5.69. The molecule has 1 aromatic carbocycles. The quantitative estimate of drug-likeness (QED) is 0.809. The number of ether oxygens (including phenoxy) is 1. The zero-order chi connectivity index (χ0) is 20.2. The summed E-state index contributed by atoms with van der Waals surface area (Å²) in [6.07, 6.45) is 5.18. The predicted octanol–water partition coefficient (Wildman–Crippen LogP) is 2.79. The summed E-state index contributed by atoms with van der Waals surface area (Å²) >= 11 is 0. The lowest BCUT2D eigenvalue weighted by Crippen LogP contribution is -2.40. The first-order valence-electron chi connectivity index (χ1n) is 10.2. The second-order valence-corrected chi connectivity index (χ2v) is 7.68. The third-order valence-electron chi connectivity index (χ3n) is 5.63. The van der Waals surface area contributed by atoms with Crippen LogP contribution in [0.5, 0.6) is 5.75 Å². The molecule has 1 aromatic heterocycles. The minimum Gasteiger partial charge on any atom is -0.497 e. The molecular formula is C21H28N6O2. The molecule has 2 fully saturated rings. The number of rotatable bonds is 5. The number of benzene rings is 1. The minimum atomic E-state index is -0.193. The third-order valence-corrected chi connectivity index (χ3v) is 5.63. The van der Waals surface area contributed by atoms with Crippen molar-refractivity contribution in [2.45, 2.75) is 32.2 Å². The lowest BCUT2D eigenvalue weighted by Gasteiger charge is -2.21. The summed E-state index contributed by atoms with van der Waals surface area (Å²) in [5, 5.41) is 14.5. The molecule has 3 heterocycles. The maximum absolute atomic E-state index is 12.4. The van der Waals surface area contributed by atoms with Gasteiger partial charge in [0.2, 0.25) is 0 Å². The largest absolute Gasteiger partial charge is 0.497 e. The van der Waals surface area contributed by atoms with Gasteiger partial charge in [-0.15, -0.1) is 5.10 Å². The minimum absolute atomic E-state index is 0.0748. The van der Waals surface area contributed by atoms with Crippen LogP contribution in [0, 0.1) is 6.92 Å². The Kier molecular flexibility index (Phi) is 5.69. The molecule has 0 aliphatic carbocycles. The van der Waals surface area contributed by atoms with Gasteiger partial charge in [-0.2, -0.15) is 5.10 Å². The number of aryl methyl sites for hydroxylation is 1. The van der Waals surface area contributed by atoms with Gasteiger partial charge in [-0.3, -0.25) is 0 Å². The molecule has 2 N–H and O–H groups in total. The van der Waals surface area contributed by atoms with E-state index in [1.54, 1.807) is 7.11 Å². The van der Waals surface area contributed by atoms with E-state index in [1.807, 2.05) is 31.3 Å². The van der Waals surface area contributed by atoms with E-state index < -0.39 is 0 Å². The van der Waals surface area contributed by atoms with Gasteiger partial charge in [0.1, 0.15) is 5.75 Å². The number of carbonyl (C=O) groups is 1. The smallest absolute Gasteiger partial charge is 0.319 e. The van der Waals surface area contributed by atoms with Crippen LogP contribution in [-0.2, 0) is 0 Å². The molecular weight excluding hydrogens is 368 g/mol. The van der Waals surface area contributed by atoms with Gasteiger partial charge in [-0.1, -0.05) is 0 Å². The van der Waals surface area contributed by atoms with E-state index in [0.29, 0.717) is 0 Å². The monoisotopic (exact) mass is 396 g/mol. The van der Waals surface area contributed by atoms with E-state index in [-0.39, 0.29) is 12.1 Å². The number of anilines is 3. The summed E-state index contributed by atoms with van der Waals surface area (Å²) in [6, 6.07) is 7.59. The van der Waals surface area contributed by atoms with Crippen molar-refractivity contribution in [3.05, 3.63) is 36.0 Å². The number of urea groups is 1. The number of hydrogen-bond acceptors (Lipinski definition) is 6. The molecule has 1 atom stereocenters. The van der Waals surface area contributed by atoms with Crippen molar-refractivity contribution < 1.29 is 9.53 Å². The molecule has 8 nitrogen and oxygen atoms in total. The van der Waals surface area contributed by atoms with Crippen molar-refractivity contribution in [2.75, 3.05) is 48.4 Å². The summed E-state index contributed by atoms with van der Waals surface area (Å²) in [5.74, 6) is 1.65. The zero-order valence-corrected chi connectivity index (χ0v) is 17.0. The lowest BCUT2D eigenvalue weighted by molar-refractivity contribution is 0.249. The highest BCUT2D eigenvalue weighted by Gasteiger charge is 2.26. The highest BCUT2D eigenvalue weighted by atomic mass is 16.5.